The average molecular weight is 292 g/mol. The van der Waals surface area contributed by atoms with E-state index >= 15 is 0 Å². The first-order valence-electron chi connectivity index (χ1n) is 6.40. The third kappa shape index (κ3) is 3.08. The maximum absolute atomic E-state index is 12.2. The van der Waals surface area contributed by atoms with Crippen LogP contribution in [0.5, 0.6) is 0 Å². The van der Waals surface area contributed by atoms with Crippen molar-refractivity contribution in [2.75, 3.05) is 5.32 Å². The maximum Gasteiger partial charge on any atom is 0.241 e. The lowest BCUT2D eigenvalue weighted by molar-refractivity contribution is -0.119. The summed E-state index contributed by atoms with van der Waals surface area (Å²) in [6.45, 7) is 5.77. The second-order valence-electron chi connectivity index (χ2n) is 5.86. The molecule has 0 radical (unpaired) electrons. The van der Waals surface area contributed by atoms with Gasteiger partial charge < -0.3 is 11.1 Å². The first-order chi connectivity index (χ1) is 9.29. The number of benzene rings is 1. The van der Waals surface area contributed by atoms with Gasteiger partial charge >= 0.3 is 0 Å². The van der Waals surface area contributed by atoms with E-state index in [1.165, 1.54) is 0 Å². The molecule has 0 fully saturated rings. The van der Waals surface area contributed by atoms with Crippen LogP contribution in [0.4, 0.5) is 5.69 Å². The molecule has 0 aliphatic carbocycles. The molecule has 1 heterocycles. The number of carbonyl (C=O) groups is 1. The van der Waals surface area contributed by atoms with Crippen LogP contribution < -0.4 is 11.1 Å². The fraction of sp³-hybridized carbons (Fsp3) is 0.333. The van der Waals surface area contributed by atoms with Gasteiger partial charge in [0, 0.05) is 16.6 Å². The zero-order valence-corrected chi connectivity index (χ0v) is 12.5. The van der Waals surface area contributed by atoms with Crippen LogP contribution in [0.15, 0.2) is 30.5 Å². The van der Waals surface area contributed by atoms with Gasteiger partial charge in [0.1, 0.15) is 0 Å². The zero-order chi connectivity index (χ0) is 14.9. The predicted octanol–water partition coefficient (Wildman–Crippen LogP) is 3.20. The number of aromatic nitrogens is 1. The minimum atomic E-state index is -0.611. The maximum atomic E-state index is 12.2. The number of amides is 1. The summed E-state index contributed by atoms with van der Waals surface area (Å²) in [6, 6.07) is 6.60. The van der Waals surface area contributed by atoms with Crippen molar-refractivity contribution in [3.63, 3.8) is 0 Å². The number of nitrogens with one attached hydrogen (secondary N) is 1. The van der Waals surface area contributed by atoms with Gasteiger partial charge in [0.25, 0.3) is 0 Å². The van der Waals surface area contributed by atoms with Crippen LogP contribution in [0.25, 0.3) is 10.9 Å². The molecular weight excluding hydrogens is 274 g/mol. The molecule has 0 aliphatic heterocycles. The molecule has 2 rings (SSSR count). The van der Waals surface area contributed by atoms with Gasteiger partial charge in [-0.25, -0.2) is 0 Å². The summed E-state index contributed by atoms with van der Waals surface area (Å²) >= 11 is 6.07. The van der Waals surface area contributed by atoms with Gasteiger partial charge in [-0.15, -0.1) is 0 Å². The van der Waals surface area contributed by atoms with Crippen LogP contribution >= 0.6 is 11.6 Å². The highest BCUT2D eigenvalue weighted by molar-refractivity contribution is 6.32. The molecular formula is C15H18ClN3O. The van der Waals surface area contributed by atoms with Crippen LogP contribution in [0, 0.1) is 5.41 Å². The number of rotatable bonds is 2. The first-order valence-corrected chi connectivity index (χ1v) is 6.77. The molecule has 0 bridgehead atoms. The van der Waals surface area contributed by atoms with Crippen molar-refractivity contribution in [2.45, 2.75) is 26.8 Å². The molecule has 1 amide bonds. The molecule has 0 unspecified atom stereocenters. The lowest BCUT2D eigenvalue weighted by atomic mass is 9.87. The van der Waals surface area contributed by atoms with Gasteiger partial charge in [0.2, 0.25) is 5.91 Å². The van der Waals surface area contributed by atoms with Crippen LogP contribution in [-0.4, -0.2) is 16.9 Å². The molecule has 1 atom stereocenters. The van der Waals surface area contributed by atoms with Crippen LogP contribution in [0.3, 0.4) is 0 Å². The second kappa shape index (κ2) is 5.38. The largest absolute Gasteiger partial charge is 0.323 e. The van der Waals surface area contributed by atoms with Gasteiger partial charge in [0.05, 0.1) is 17.2 Å². The molecule has 2 aromatic rings. The monoisotopic (exact) mass is 291 g/mol. The molecule has 20 heavy (non-hydrogen) atoms. The van der Waals surface area contributed by atoms with Crippen molar-refractivity contribution >= 4 is 34.1 Å². The van der Waals surface area contributed by atoms with Crippen LogP contribution in [0.1, 0.15) is 20.8 Å². The number of nitrogens with zero attached hydrogens (tertiary/aromatic N) is 1. The minimum Gasteiger partial charge on any atom is -0.323 e. The summed E-state index contributed by atoms with van der Waals surface area (Å²) in [5, 5.41) is 4.24. The fourth-order valence-corrected chi connectivity index (χ4v) is 2.08. The van der Waals surface area contributed by atoms with Gasteiger partial charge in [-0.05, 0) is 23.6 Å². The topological polar surface area (TPSA) is 68.0 Å². The summed E-state index contributed by atoms with van der Waals surface area (Å²) in [5.74, 6) is -0.244. The Balaban J connectivity index is 2.37. The Morgan fingerprint density at radius 1 is 1.40 bits per heavy atom. The van der Waals surface area contributed by atoms with Gasteiger partial charge in [-0.2, -0.15) is 0 Å². The number of fused-ring (bicyclic) bond motifs is 1. The highest BCUT2D eigenvalue weighted by atomic mass is 35.5. The second-order valence-corrected chi connectivity index (χ2v) is 6.30. The van der Waals surface area contributed by atoms with Gasteiger partial charge in [-0.3, -0.25) is 9.78 Å². The molecule has 0 saturated carbocycles. The molecule has 0 aliphatic rings. The fourth-order valence-electron chi connectivity index (χ4n) is 1.85. The molecule has 1 aromatic carbocycles. The molecule has 106 valence electrons. The summed E-state index contributed by atoms with van der Waals surface area (Å²) in [6.07, 6.45) is 1.68. The van der Waals surface area contributed by atoms with E-state index in [-0.39, 0.29) is 11.3 Å². The molecule has 4 nitrogen and oxygen atoms in total. The Hall–Kier alpha value is -1.65. The van der Waals surface area contributed by atoms with E-state index < -0.39 is 6.04 Å². The Morgan fingerprint density at radius 2 is 2.10 bits per heavy atom. The highest BCUT2D eigenvalue weighted by Crippen LogP contribution is 2.27. The standard InChI is InChI=1S/C15H18ClN3O/c1-15(2,3)13(17)14(20)19-11-8-10(16)7-9-5-4-6-18-12(9)11/h4-8,13H,17H2,1-3H3,(H,19,20)/t13-/m0/s1. The lowest BCUT2D eigenvalue weighted by Gasteiger charge is -2.26. The zero-order valence-electron chi connectivity index (χ0n) is 11.8. The van der Waals surface area contributed by atoms with Gasteiger partial charge in [0.15, 0.2) is 0 Å². The Morgan fingerprint density at radius 3 is 2.75 bits per heavy atom. The Bertz CT molecular complexity index is 649. The number of halogens is 1. The Kier molecular flexibility index (Phi) is 3.97. The third-order valence-electron chi connectivity index (χ3n) is 3.14. The smallest absolute Gasteiger partial charge is 0.241 e. The quantitative estimate of drug-likeness (QED) is 0.893. The van der Waals surface area contributed by atoms with Crippen LogP contribution in [-0.2, 0) is 4.79 Å². The summed E-state index contributed by atoms with van der Waals surface area (Å²) in [4.78, 5) is 16.5. The van der Waals surface area contributed by atoms with Crippen molar-refractivity contribution in [3.8, 4) is 0 Å². The van der Waals surface area contributed by atoms with Crippen molar-refractivity contribution in [1.29, 1.82) is 0 Å². The molecule has 3 N–H and O–H groups in total. The van der Waals surface area contributed by atoms with Gasteiger partial charge in [-0.1, -0.05) is 38.4 Å². The summed E-state index contributed by atoms with van der Waals surface area (Å²) < 4.78 is 0. The molecule has 0 saturated heterocycles. The van der Waals surface area contributed by atoms with E-state index in [1.807, 2.05) is 39.0 Å². The average Bonchev–Trinajstić information content (AvgIpc) is 2.36. The van der Waals surface area contributed by atoms with E-state index in [1.54, 1.807) is 12.3 Å². The van der Waals surface area contributed by atoms with E-state index in [0.29, 0.717) is 16.2 Å². The first kappa shape index (κ1) is 14.8. The number of pyridine rings is 1. The highest BCUT2D eigenvalue weighted by Gasteiger charge is 2.27. The van der Waals surface area contributed by atoms with Crippen molar-refractivity contribution in [3.05, 3.63) is 35.5 Å². The number of hydrogen-bond acceptors (Lipinski definition) is 3. The van der Waals surface area contributed by atoms with E-state index in [4.69, 9.17) is 17.3 Å². The van der Waals surface area contributed by atoms with E-state index in [9.17, 15) is 4.79 Å². The molecule has 5 heteroatoms. The Labute approximate surface area is 123 Å². The lowest BCUT2D eigenvalue weighted by Crippen LogP contribution is -2.45. The van der Waals surface area contributed by atoms with E-state index in [2.05, 4.69) is 10.3 Å². The molecule has 0 spiro atoms. The van der Waals surface area contributed by atoms with Crippen molar-refractivity contribution in [2.24, 2.45) is 11.1 Å². The summed E-state index contributed by atoms with van der Waals surface area (Å²) in [7, 11) is 0. The minimum absolute atomic E-state index is 0.244. The predicted molar refractivity (Wildman–Crippen MR) is 82.8 cm³/mol. The molecule has 1 aromatic heterocycles. The summed E-state index contributed by atoms with van der Waals surface area (Å²) in [5.41, 5.74) is 6.93. The number of carbonyl (C=O) groups excluding carboxylic acids is 1. The number of anilines is 1. The van der Waals surface area contributed by atoms with E-state index in [0.717, 1.165) is 5.39 Å². The van der Waals surface area contributed by atoms with Crippen molar-refractivity contribution < 1.29 is 4.79 Å². The normalized spacial score (nSPS) is 13.2. The number of hydrogen-bond donors (Lipinski definition) is 2. The van der Waals surface area contributed by atoms with Crippen LogP contribution in [0.2, 0.25) is 5.02 Å². The SMILES string of the molecule is CC(C)(C)[C@@H](N)C(=O)Nc1cc(Cl)cc2cccnc12. The number of nitrogens with two attached hydrogens (primary N) is 1. The third-order valence-corrected chi connectivity index (χ3v) is 3.36. The van der Waals surface area contributed by atoms with Crippen molar-refractivity contribution in [1.82, 2.24) is 4.98 Å².